The molecular formula is C24H17BrCl2N2O2S. The maximum absolute atomic E-state index is 12.4. The zero-order valence-electron chi connectivity index (χ0n) is 16.9. The first-order valence-corrected chi connectivity index (χ1v) is 12.0. The quantitative estimate of drug-likeness (QED) is 0.336. The Bertz CT molecular complexity index is 1260. The summed E-state index contributed by atoms with van der Waals surface area (Å²) in [5.74, 6) is 0.512. The molecule has 3 aromatic rings. The van der Waals surface area contributed by atoms with Crippen LogP contribution in [-0.4, -0.2) is 11.1 Å². The van der Waals surface area contributed by atoms with Crippen LogP contribution < -0.4 is 10.1 Å². The van der Waals surface area contributed by atoms with E-state index in [1.807, 2.05) is 30.3 Å². The number of hydrogen-bond donors (Lipinski definition) is 1. The number of carbonyl (C=O) groups is 1. The van der Waals surface area contributed by atoms with Crippen LogP contribution in [-0.2, 0) is 11.4 Å². The summed E-state index contributed by atoms with van der Waals surface area (Å²) in [6, 6.07) is 19.1. The van der Waals surface area contributed by atoms with Gasteiger partial charge in [-0.25, -0.2) is 4.99 Å². The van der Waals surface area contributed by atoms with Crippen molar-refractivity contribution in [2.45, 2.75) is 13.5 Å². The van der Waals surface area contributed by atoms with Gasteiger partial charge in [0.2, 0.25) is 0 Å². The highest BCUT2D eigenvalue weighted by Gasteiger charge is 2.24. The first-order valence-electron chi connectivity index (χ1n) is 9.60. The Morgan fingerprint density at radius 2 is 1.94 bits per heavy atom. The number of hydrogen-bond acceptors (Lipinski definition) is 4. The van der Waals surface area contributed by atoms with Crippen molar-refractivity contribution in [1.82, 2.24) is 5.32 Å². The van der Waals surface area contributed by atoms with Crippen molar-refractivity contribution in [3.8, 4) is 5.75 Å². The minimum atomic E-state index is -0.220. The average molecular weight is 548 g/mol. The first-order chi connectivity index (χ1) is 15.4. The third kappa shape index (κ3) is 5.56. The van der Waals surface area contributed by atoms with Crippen molar-refractivity contribution in [2.24, 2.45) is 4.99 Å². The van der Waals surface area contributed by atoms with Gasteiger partial charge in [-0.05, 0) is 76.1 Å². The fourth-order valence-electron chi connectivity index (χ4n) is 3.01. The van der Waals surface area contributed by atoms with Gasteiger partial charge in [-0.2, -0.15) is 0 Å². The van der Waals surface area contributed by atoms with Crippen LogP contribution >= 0.6 is 50.9 Å². The molecule has 0 aliphatic carbocycles. The molecule has 32 heavy (non-hydrogen) atoms. The number of rotatable bonds is 5. The van der Waals surface area contributed by atoms with E-state index in [2.05, 4.69) is 45.3 Å². The number of benzene rings is 3. The molecule has 0 bridgehead atoms. The van der Waals surface area contributed by atoms with E-state index in [9.17, 15) is 4.79 Å². The lowest BCUT2D eigenvalue weighted by Gasteiger charge is -2.09. The molecule has 0 unspecified atom stereocenters. The lowest BCUT2D eigenvalue weighted by Crippen LogP contribution is -2.19. The summed E-state index contributed by atoms with van der Waals surface area (Å²) in [6.45, 7) is 2.53. The van der Waals surface area contributed by atoms with Crippen molar-refractivity contribution in [1.29, 1.82) is 0 Å². The monoisotopic (exact) mass is 546 g/mol. The van der Waals surface area contributed by atoms with Crippen LogP contribution in [0, 0.1) is 6.92 Å². The molecule has 1 heterocycles. The fraction of sp³-hybridized carbons (Fsp3) is 0.0833. The van der Waals surface area contributed by atoms with E-state index >= 15 is 0 Å². The van der Waals surface area contributed by atoms with Gasteiger partial charge >= 0.3 is 0 Å². The molecule has 1 amide bonds. The number of halogens is 3. The highest BCUT2D eigenvalue weighted by atomic mass is 79.9. The number of aryl methyl sites for hydroxylation is 1. The molecule has 3 aromatic carbocycles. The van der Waals surface area contributed by atoms with Gasteiger partial charge in [0.25, 0.3) is 5.91 Å². The summed E-state index contributed by atoms with van der Waals surface area (Å²) < 4.78 is 6.74. The first kappa shape index (κ1) is 22.9. The summed E-state index contributed by atoms with van der Waals surface area (Å²) >= 11 is 17.0. The molecule has 0 radical (unpaired) electrons. The highest BCUT2D eigenvalue weighted by Crippen LogP contribution is 2.35. The van der Waals surface area contributed by atoms with Crippen LogP contribution in [0.4, 0.5) is 5.69 Å². The molecule has 0 saturated carbocycles. The van der Waals surface area contributed by atoms with E-state index in [0.717, 1.165) is 21.3 Å². The van der Waals surface area contributed by atoms with E-state index in [-0.39, 0.29) is 5.91 Å². The summed E-state index contributed by atoms with van der Waals surface area (Å²) in [5, 5.41) is 3.96. The minimum Gasteiger partial charge on any atom is -0.488 e. The molecule has 0 aromatic heterocycles. The number of nitrogens with zero attached hydrogens (tertiary/aromatic N) is 1. The molecular weight excluding hydrogens is 531 g/mol. The standard InChI is InChI=1S/C24H17BrCl2N2O2S/c1-14-4-2-5-16(10-14)13-31-20-9-8-15(11-17(20)25)12-21-23(30)29-24(32-21)28-19-7-3-6-18(26)22(19)27/h2-12H,13H2,1H3,(H,28,29,30)/b21-12-. The zero-order valence-corrected chi connectivity index (χ0v) is 20.8. The van der Waals surface area contributed by atoms with Gasteiger partial charge in [-0.1, -0.05) is 65.2 Å². The Balaban J connectivity index is 1.47. The van der Waals surface area contributed by atoms with Crippen molar-refractivity contribution in [3.05, 3.63) is 96.8 Å². The van der Waals surface area contributed by atoms with E-state index in [1.54, 1.807) is 24.3 Å². The normalized spacial score (nSPS) is 15.9. The Morgan fingerprint density at radius 3 is 2.72 bits per heavy atom. The third-order valence-corrected chi connectivity index (χ3v) is 6.87. The van der Waals surface area contributed by atoms with Crippen LogP contribution in [0.1, 0.15) is 16.7 Å². The van der Waals surface area contributed by atoms with E-state index in [1.165, 1.54) is 17.3 Å². The predicted octanol–water partition coefficient (Wildman–Crippen LogP) is 7.53. The summed E-state index contributed by atoms with van der Waals surface area (Å²) in [4.78, 5) is 17.3. The molecule has 1 aliphatic heterocycles. The second-order valence-corrected chi connectivity index (χ2v) is 9.69. The maximum atomic E-state index is 12.4. The van der Waals surface area contributed by atoms with Gasteiger partial charge in [0.1, 0.15) is 12.4 Å². The molecule has 162 valence electrons. The minimum absolute atomic E-state index is 0.220. The summed E-state index contributed by atoms with van der Waals surface area (Å²) in [7, 11) is 0. The molecule has 4 rings (SSSR count). The van der Waals surface area contributed by atoms with E-state index in [0.29, 0.717) is 32.4 Å². The van der Waals surface area contributed by atoms with Gasteiger partial charge < -0.3 is 10.1 Å². The van der Waals surface area contributed by atoms with Gasteiger partial charge in [-0.3, -0.25) is 4.79 Å². The maximum Gasteiger partial charge on any atom is 0.264 e. The topological polar surface area (TPSA) is 50.7 Å². The molecule has 4 nitrogen and oxygen atoms in total. The Labute approximate surface area is 208 Å². The average Bonchev–Trinajstić information content (AvgIpc) is 3.09. The largest absolute Gasteiger partial charge is 0.488 e. The van der Waals surface area contributed by atoms with Gasteiger partial charge in [0.05, 0.1) is 25.1 Å². The number of ether oxygens (including phenoxy) is 1. The Hall–Kier alpha value is -2.25. The molecule has 1 fully saturated rings. The smallest absolute Gasteiger partial charge is 0.264 e. The van der Waals surface area contributed by atoms with E-state index in [4.69, 9.17) is 27.9 Å². The second-order valence-electron chi connectivity index (χ2n) is 7.02. The van der Waals surface area contributed by atoms with Crippen molar-refractivity contribution in [2.75, 3.05) is 0 Å². The number of amides is 1. The number of amidine groups is 1. The highest BCUT2D eigenvalue weighted by molar-refractivity contribution is 9.10. The number of aliphatic imine (C=N–C) groups is 1. The molecule has 1 saturated heterocycles. The van der Waals surface area contributed by atoms with Crippen molar-refractivity contribution in [3.63, 3.8) is 0 Å². The van der Waals surface area contributed by atoms with Crippen LogP contribution in [0.2, 0.25) is 10.0 Å². The molecule has 8 heteroatoms. The van der Waals surface area contributed by atoms with E-state index < -0.39 is 0 Å². The lowest BCUT2D eigenvalue weighted by atomic mass is 10.1. The SMILES string of the molecule is Cc1cccc(COc2ccc(/C=C3\SC(=Nc4cccc(Cl)c4Cl)NC3=O)cc2Br)c1. The van der Waals surface area contributed by atoms with Gasteiger partial charge in [0, 0.05) is 0 Å². The lowest BCUT2D eigenvalue weighted by molar-refractivity contribution is -0.115. The van der Waals surface area contributed by atoms with Crippen LogP contribution in [0.15, 0.2) is 75.0 Å². The zero-order chi connectivity index (χ0) is 22.7. The number of nitrogens with one attached hydrogen (secondary N) is 1. The third-order valence-electron chi connectivity index (χ3n) is 4.53. The fourth-order valence-corrected chi connectivity index (χ4v) is 4.69. The van der Waals surface area contributed by atoms with Crippen LogP contribution in [0.25, 0.3) is 6.08 Å². The van der Waals surface area contributed by atoms with Gasteiger partial charge in [-0.15, -0.1) is 0 Å². The Kier molecular flexibility index (Phi) is 7.26. The Morgan fingerprint density at radius 1 is 1.12 bits per heavy atom. The van der Waals surface area contributed by atoms with Crippen LogP contribution in [0.5, 0.6) is 5.75 Å². The number of thioether (sulfide) groups is 1. The summed E-state index contributed by atoms with van der Waals surface area (Å²) in [6.07, 6.45) is 1.80. The summed E-state index contributed by atoms with van der Waals surface area (Å²) in [5.41, 5.74) is 3.66. The second kappa shape index (κ2) is 10.1. The molecule has 1 aliphatic rings. The van der Waals surface area contributed by atoms with Gasteiger partial charge in [0.15, 0.2) is 5.17 Å². The van der Waals surface area contributed by atoms with Crippen molar-refractivity contribution >= 4 is 73.7 Å². The molecule has 0 atom stereocenters. The number of carbonyl (C=O) groups excluding carboxylic acids is 1. The van der Waals surface area contributed by atoms with Crippen LogP contribution in [0.3, 0.4) is 0 Å². The van der Waals surface area contributed by atoms with Crippen molar-refractivity contribution < 1.29 is 9.53 Å². The predicted molar refractivity (Wildman–Crippen MR) is 137 cm³/mol. The molecule has 1 N–H and O–H groups in total. The molecule has 0 spiro atoms.